The topological polar surface area (TPSA) is 96.5 Å². The van der Waals surface area contributed by atoms with Gasteiger partial charge in [0, 0.05) is 35.9 Å². The number of aromatic amines is 1. The molecule has 0 aliphatic heterocycles. The molecule has 0 spiro atoms. The Kier molecular flexibility index (Phi) is 3.86. The molecule has 2 N–H and O–H groups in total. The first-order chi connectivity index (χ1) is 10.7. The Morgan fingerprint density at radius 3 is 2.41 bits per heavy atom. The summed E-state index contributed by atoms with van der Waals surface area (Å²) in [5, 5.41) is 9.88. The van der Waals surface area contributed by atoms with Crippen LogP contribution < -0.4 is 5.32 Å². The van der Waals surface area contributed by atoms with Crippen molar-refractivity contribution in [3.8, 4) is 11.4 Å². The van der Waals surface area contributed by atoms with E-state index in [1.165, 1.54) is 0 Å². The molecule has 7 heteroatoms. The maximum atomic E-state index is 12.1. The van der Waals surface area contributed by atoms with Crippen LogP contribution in [-0.2, 0) is 0 Å². The van der Waals surface area contributed by atoms with Gasteiger partial charge in [-0.15, -0.1) is 0 Å². The molecule has 0 radical (unpaired) electrons. The van der Waals surface area contributed by atoms with Crippen molar-refractivity contribution >= 4 is 5.91 Å². The summed E-state index contributed by atoms with van der Waals surface area (Å²) in [6.45, 7) is 1.84. The average molecular weight is 294 g/mol. The number of nitrogens with one attached hydrogen (secondary N) is 2. The van der Waals surface area contributed by atoms with E-state index in [9.17, 15) is 4.79 Å². The van der Waals surface area contributed by atoms with Gasteiger partial charge in [-0.2, -0.15) is 5.10 Å². The number of H-pyrrole nitrogens is 1. The molecule has 1 amide bonds. The van der Waals surface area contributed by atoms with Crippen LogP contribution in [0, 0.1) is 0 Å². The van der Waals surface area contributed by atoms with Gasteiger partial charge in [0.2, 0.25) is 0 Å². The normalized spacial score (nSPS) is 11.9. The molecule has 3 aromatic rings. The van der Waals surface area contributed by atoms with E-state index in [2.05, 4.69) is 30.5 Å². The van der Waals surface area contributed by atoms with E-state index < -0.39 is 0 Å². The summed E-state index contributed by atoms with van der Waals surface area (Å²) >= 11 is 0. The number of carbonyl (C=O) groups excluding carboxylic acids is 1. The minimum absolute atomic E-state index is 0.184. The second kappa shape index (κ2) is 6.13. The van der Waals surface area contributed by atoms with Crippen LogP contribution in [0.5, 0.6) is 0 Å². The summed E-state index contributed by atoms with van der Waals surface area (Å²) < 4.78 is 0. The van der Waals surface area contributed by atoms with Crippen LogP contribution in [0.1, 0.15) is 29.1 Å². The van der Waals surface area contributed by atoms with Crippen molar-refractivity contribution in [3.05, 3.63) is 60.4 Å². The van der Waals surface area contributed by atoms with Crippen LogP contribution >= 0.6 is 0 Å². The van der Waals surface area contributed by atoms with Crippen LogP contribution in [0.2, 0.25) is 0 Å². The largest absolute Gasteiger partial charge is 0.342 e. The highest BCUT2D eigenvalue weighted by Crippen LogP contribution is 2.15. The van der Waals surface area contributed by atoms with E-state index in [-0.39, 0.29) is 11.9 Å². The fourth-order valence-electron chi connectivity index (χ4n) is 1.95. The van der Waals surface area contributed by atoms with E-state index in [4.69, 9.17) is 0 Å². The number of nitrogens with zero attached hydrogens (tertiary/aromatic N) is 4. The number of hydrogen-bond donors (Lipinski definition) is 2. The number of aromatic nitrogens is 5. The minimum atomic E-state index is -0.288. The SMILES string of the molecule is C[C@H](NC(=O)c1ccncc1)c1nc(-c2ccncc2)n[nH]1. The Morgan fingerprint density at radius 1 is 1.09 bits per heavy atom. The van der Waals surface area contributed by atoms with Crippen molar-refractivity contribution in [2.75, 3.05) is 0 Å². The van der Waals surface area contributed by atoms with Gasteiger partial charge in [0.15, 0.2) is 5.82 Å². The Bertz CT molecular complexity index is 756. The van der Waals surface area contributed by atoms with Crippen LogP contribution in [-0.4, -0.2) is 31.1 Å². The van der Waals surface area contributed by atoms with Gasteiger partial charge in [-0.1, -0.05) is 0 Å². The molecule has 3 aromatic heterocycles. The van der Waals surface area contributed by atoms with Gasteiger partial charge < -0.3 is 5.32 Å². The van der Waals surface area contributed by atoms with Gasteiger partial charge in [-0.05, 0) is 31.2 Å². The second-order valence-electron chi connectivity index (χ2n) is 4.71. The Balaban J connectivity index is 1.72. The van der Waals surface area contributed by atoms with Gasteiger partial charge >= 0.3 is 0 Å². The van der Waals surface area contributed by atoms with E-state index in [1.54, 1.807) is 36.9 Å². The molecule has 1 atom stereocenters. The second-order valence-corrected chi connectivity index (χ2v) is 4.71. The molecule has 0 fully saturated rings. The fraction of sp³-hybridized carbons (Fsp3) is 0.133. The number of amides is 1. The molecule has 110 valence electrons. The summed E-state index contributed by atoms with van der Waals surface area (Å²) in [7, 11) is 0. The smallest absolute Gasteiger partial charge is 0.251 e. The molecule has 0 aliphatic rings. The van der Waals surface area contributed by atoms with Crippen LogP contribution in [0.25, 0.3) is 11.4 Å². The Morgan fingerprint density at radius 2 is 1.73 bits per heavy atom. The zero-order chi connectivity index (χ0) is 15.4. The molecule has 0 saturated heterocycles. The minimum Gasteiger partial charge on any atom is -0.342 e. The molecule has 0 bridgehead atoms. The van der Waals surface area contributed by atoms with Crippen molar-refractivity contribution < 1.29 is 4.79 Å². The maximum absolute atomic E-state index is 12.1. The highest BCUT2D eigenvalue weighted by atomic mass is 16.1. The monoisotopic (exact) mass is 294 g/mol. The number of carbonyl (C=O) groups is 1. The predicted molar refractivity (Wildman–Crippen MR) is 79.7 cm³/mol. The summed E-state index contributed by atoms with van der Waals surface area (Å²) in [4.78, 5) is 24.3. The Hall–Kier alpha value is -3.09. The quantitative estimate of drug-likeness (QED) is 0.764. The third kappa shape index (κ3) is 2.98. The lowest BCUT2D eigenvalue weighted by atomic mass is 10.2. The third-order valence-corrected chi connectivity index (χ3v) is 3.14. The van der Waals surface area contributed by atoms with Crippen molar-refractivity contribution in [3.63, 3.8) is 0 Å². The zero-order valence-corrected chi connectivity index (χ0v) is 11.9. The highest BCUT2D eigenvalue weighted by molar-refractivity contribution is 5.94. The van der Waals surface area contributed by atoms with Crippen LogP contribution in [0.15, 0.2) is 49.1 Å². The van der Waals surface area contributed by atoms with Crippen molar-refractivity contribution in [2.24, 2.45) is 0 Å². The van der Waals surface area contributed by atoms with Crippen molar-refractivity contribution in [1.82, 2.24) is 30.5 Å². The Labute approximate surface area is 126 Å². The molecule has 22 heavy (non-hydrogen) atoms. The third-order valence-electron chi connectivity index (χ3n) is 3.14. The molecule has 0 aliphatic carbocycles. The lowest BCUT2D eigenvalue weighted by molar-refractivity contribution is 0.0938. The highest BCUT2D eigenvalue weighted by Gasteiger charge is 2.15. The van der Waals surface area contributed by atoms with E-state index >= 15 is 0 Å². The maximum Gasteiger partial charge on any atom is 0.251 e. The van der Waals surface area contributed by atoms with Crippen LogP contribution in [0.3, 0.4) is 0 Å². The number of pyridine rings is 2. The fourth-order valence-corrected chi connectivity index (χ4v) is 1.95. The standard InChI is InChI=1S/C15H14N6O/c1-10(18-15(22)12-4-8-17-9-5-12)13-19-14(21-20-13)11-2-6-16-7-3-11/h2-10H,1H3,(H,18,22)(H,19,20,21)/t10-/m0/s1. The van der Waals surface area contributed by atoms with Gasteiger partial charge in [-0.3, -0.25) is 19.9 Å². The zero-order valence-electron chi connectivity index (χ0n) is 11.9. The molecule has 3 heterocycles. The molecule has 3 rings (SSSR count). The van der Waals surface area contributed by atoms with E-state index in [0.29, 0.717) is 17.2 Å². The average Bonchev–Trinajstić information content (AvgIpc) is 3.06. The van der Waals surface area contributed by atoms with Crippen molar-refractivity contribution in [1.29, 1.82) is 0 Å². The van der Waals surface area contributed by atoms with E-state index in [0.717, 1.165) is 5.56 Å². The first-order valence-corrected chi connectivity index (χ1v) is 6.77. The molecule has 0 aromatic carbocycles. The lowest BCUT2D eigenvalue weighted by Crippen LogP contribution is -2.27. The van der Waals surface area contributed by atoms with Gasteiger partial charge in [0.1, 0.15) is 5.82 Å². The molecule has 0 saturated carbocycles. The molecule has 0 unspecified atom stereocenters. The summed E-state index contributed by atoms with van der Waals surface area (Å²) in [6.07, 6.45) is 6.52. The van der Waals surface area contributed by atoms with Crippen molar-refractivity contribution in [2.45, 2.75) is 13.0 Å². The van der Waals surface area contributed by atoms with E-state index in [1.807, 2.05) is 19.1 Å². The molecule has 7 nitrogen and oxygen atoms in total. The van der Waals surface area contributed by atoms with Gasteiger partial charge in [0.05, 0.1) is 6.04 Å². The molecular weight excluding hydrogens is 280 g/mol. The first-order valence-electron chi connectivity index (χ1n) is 6.77. The summed E-state index contributed by atoms with van der Waals surface area (Å²) in [6, 6.07) is 6.68. The number of rotatable bonds is 4. The lowest BCUT2D eigenvalue weighted by Gasteiger charge is -2.10. The summed E-state index contributed by atoms with van der Waals surface area (Å²) in [5.41, 5.74) is 1.42. The number of hydrogen-bond acceptors (Lipinski definition) is 5. The van der Waals surface area contributed by atoms with Crippen LogP contribution in [0.4, 0.5) is 0 Å². The first kappa shape index (κ1) is 13.9. The van der Waals surface area contributed by atoms with Gasteiger partial charge in [0.25, 0.3) is 5.91 Å². The molecular formula is C15H14N6O. The van der Waals surface area contributed by atoms with Gasteiger partial charge in [-0.25, -0.2) is 4.98 Å². The summed E-state index contributed by atoms with van der Waals surface area (Å²) in [5.74, 6) is 0.980. The predicted octanol–water partition coefficient (Wildman–Crippen LogP) is 1.75.